The Morgan fingerprint density at radius 1 is 0.848 bits per heavy atom. The summed E-state index contributed by atoms with van der Waals surface area (Å²) in [7, 11) is 2.17. The molecule has 33 heavy (non-hydrogen) atoms. The van der Waals surface area contributed by atoms with Crippen molar-refractivity contribution >= 4 is 11.6 Å². The van der Waals surface area contributed by atoms with Gasteiger partial charge in [-0.15, -0.1) is 0 Å². The summed E-state index contributed by atoms with van der Waals surface area (Å²) in [5.41, 5.74) is 6.28. The number of halogens is 2. The fraction of sp³-hybridized carbons (Fsp3) is 0.222. The number of likely N-dealkylation sites (N-methyl/N-ethyl adjacent to an activating group) is 1. The SMILES string of the molecule is CN1CCN(Cc2cnn(-c3ccc(-c4ccc(F)cc4)cc3)c2-c2cccc(Cl)c2)CC1. The maximum absolute atomic E-state index is 13.3. The average Bonchev–Trinajstić information content (AvgIpc) is 3.25. The monoisotopic (exact) mass is 460 g/mol. The summed E-state index contributed by atoms with van der Waals surface area (Å²) in [5, 5.41) is 5.48. The Balaban J connectivity index is 1.50. The van der Waals surface area contributed by atoms with Gasteiger partial charge in [-0.1, -0.05) is 48.0 Å². The highest BCUT2D eigenvalue weighted by Gasteiger charge is 2.20. The number of benzene rings is 3. The lowest BCUT2D eigenvalue weighted by molar-refractivity contribution is 0.148. The van der Waals surface area contributed by atoms with Crippen LogP contribution in [0.25, 0.3) is 28.1 Å². The van der Waals surface area contributed by atoms with Gasteiger partial charge in [0, 0.05) is 48.9 Å². The summed E-state index contributed by atoms with van der Waals surface area (Å²) in [5.74, 6) is -0.231. The van der Waals surface area contributed by atoms with Crippen LogP contribution in [0.3, 0.4) is 0 Å². The topological polar surface area (TPSA) is 24.3 Å². The summed E-state index contributed by atoms with van der Waals surface area (Å²) in [6.45, 7) is 5.09. The van der Waals surface area contributed by atoms with Gasteiger partial charge in [0.2, 0.25) is 0 Å². The standard InChI is InChI=1S/C27H26ClFN4/c1-31-13-15-32(16-14-31)19-23-18-30-33(27(23)22-3-2-4-24(28)17-22)26-11-7-21(8-12-26)20-5-9-25(29)10-6-20/h2-12,17-18H,13-16,19H2,1H3. The van der Waals surface area contributed by atoms with Crippen LogP contribution < -0.4 is 0 Å². The van der Waals surface area contributed by atoms with E-state index < -0.39 is 0 Å². The zero-order valence-electron chi connectivity index (χ0n) is 18.6. The molecule has 1 aliphatic heterocycles. The van der Waals surface area contributed by atoms with Crippen molar-refractivity contribution in [2.45, 2.75) is 6.54 Å². The summed E-state index contributed by atoms with van der Waals surface area (Å²) >= 11 is 6.35. The van der Waals surface area contributed by atoms with E-state index in [0.717, 1.165) is 60.8 Å². The van der Waals surface area contributed by atoms with Crippen molar-refractivity contribution in [2.24, 2.45) is 0 Å². The van der Waals surface area contributed by atoms with E-state index in [2.05, 4.69) is 35.0 Å². The highest BCUT2D eigenvalue weighted by molar-refractivity contribution is 6.30. The van der Waals surface area contributed by atoms with Crippen molar-refractivity contribution in [2.75, 3.05) is 33.2 Å². The van der Waals surface area contributed by atoms with Crippen molar-refractivity contribution < 1.29 is 4.39 Å². The molecule has 0 saturated carbocycles. The first-order chi connectivity index (χ1) is 16.1. The maximum atomic E-state index is 13.3. The Morgan fingerprint density at radius 2 is 1.52 bits per heavy atom. The van der Waals surface area contributed by atoms with Gasteiger partial charge in [-0.25, -0.2) is 9.07 Å². The van der Waals surface area contributed by atoms with Gasteiger partial charge in [-0.3, -0.25) is 4.90 Å². The second kappa shape index (κ2) is 9.48. The van der Waals surface area contributed by atoms with E-state index >= 15 is 0 Å². The van der Waals surface area contributed by atoms with Crippen LogP contribution in [-0.4, -0.2) is 52.8 Å². The number of nitrogens with zero attached hydrogens (tertiary/aromatic N) is 4. The third-order valence-electron chi connectivity index (χ3n) is 6.22. The van der Waals surface area contributed by atoms with Crippen LogP contribution in [0, 0.1) is 5.82 Å². The minimum Gasteiger partial charge on any atom is -0.304 e. The normalized spacial score (nSPS) is 15.1. The highest BCUT2D eigenvalue weighted by atomic mass is 35.5. The predicted molar refractivity (Wildman–Crippen MR) is 132 cm³/mol. The number of hydrogen-bond acceptors (Lipinski definition) is 3. The Labute approximate surface area is 198 Å². The largest absolute Gasteiger partial charge is 0.304 e. The van der Waals surface area contributed by atoms with E-state index in [9.17, 15) is 4.39 Å². The van der Waals surface area contributed by atoms with Gasteiger partial charge in [0.25, 0.3) is 0 Å². The summed E-state index contributed by atoms with van der Waals surface area (Å²) in [4.78, 5) is 4.84. The molecule has 0 radical (unpaired) electrons. The summed E-state index contributed by atoms with van der Waals surface area (Å²) in [6, 6.07) is 22.7. The van der Waals surface area contributed by atoms with Crippen LogP contribution in [0.4, 0.5) is 4.39 Å². The first-order valence-electron chi connectivity index (χ1n) is 11.2. The minimum atomic E-state index is -0.231. The quantitative estimate of drug-likeness (QED) is 0.379. The lowest BCUT2D eigenvalue weighted by atomic mass is 10.0. The molecule has 0 atom stereocenters. The third-order valence-corrected chi connectivity index (χ3v) is 6.46. The molecule has 1 aliphatic rings. The van der Waals surface area contributed by atoms with Crippen molar-refractivity contribution in [1.29, 1.82) is 0 Å². The van der Waals surface area contributed by atoms with Gasteiger partial charge in [0.1, 0.15) is 5.82 Å². The Morgan fingerprint density at radius 3 is 2.18 bits per heavy atom. The molecule has 0 aliphatic carbocycles. The number of hydrogen-bond donors (Lipinski definition) is 0. The van der Waals surface area contributed by atoms with Crippen LogP contribution in [-0.2, 0) is 6.54 Å². The molecule has 1 saturated heterocycles. The van der Waals surface area contributed by atoms with Gasteiger partial charge in [0.15, 0.2) is 0 Å². The van der Waals surface area contributed by atoms with Crippen molar-refractivity contribution in [3.63, 3.8) is 0 Å². The first kappa shape index (κ1) is 21.8. The van der Waals surface area contributed by atoms with Crippen molar-refractivity contribution in [3.8, 4) is 28.1 Å². The smallest absolute Gasteiger partial charge is 0.123 e. The van der Waals surface area contributed by atoms with Crippen LogP contribution in [0.15, 0.2) is 79.0 Å². The summed E-state index contributed by atoms with van der Waals surface area (Å²) in [6.07, 6.45) is 1.97. The van der Waals surface area contributed by atoms with Gasteiger partial charge < -0.3 is 4.90 Å². The lowest BCUT2D eigenvalue weighted by Gasteiger charge is -2.32. The molecule has 0 bridgehead atoms. The number of piperazine rings is 1. The fourth-order valence-electron chi connectivity index (χ4n) is 4.32. The molecule has 4 aromatic rings. The maximum Gasteiger partial charge on any atom is 0.123 e. The molecule has 168 valence electrons. The highest BCUT2D eigenvalue weighted by Crippen LogP contribution is 2.30. The lowest BCUT2D eigenvalue weighted by Crippen LogP contribution is -2.43. The zero-order valence-corrected chi connectivity index (χ0v) is 19.3. The molecule has 2 heterocycles. The van der Waals surface area contributed by atoms with Crippen LogP contribution >= 0.6 is 11.6 Å². The van der Waals surface area contributed by atoms with E-state index in [1.165, 1.54) is 17.7 Å². The first-order valence-corrected chi connectivity index (χ1v) is 11.5. The molecule has 1 aromatic heterocycles. The van der Waals surface area contributed by atoms with E-state index in [-0.39, 0.29) is 5.82 Å². The Hall–Kier alpha value is -2.99. The van der Waals surface area contributed by atoms with E-state index in [4.69, 9.17) is 16.7 Å². The molecule has 1 fully saturated rings. The molecule has 0 unspecified atom stereocenters. The predicted octanol–water partition coefficient (Wildman–Crippen LogP) is 5.75. The van der Waals surface area contributed by atoms with E-state index in [0.29, 0.717) is 5.02 Å². The number of aromatic nitrogens is 2. The van der Waals surface area contributed by atoms with Gasteiger partial charge in [-0.05, 0) is 54.6 Å². The molecular formula is C27H26ClFN4. The summed E-state index contributed by atoms with van der Waals surface area (Å²) < 4.78 is 15.3. The van der Waals surface area contributed by atoms with Crippen LogP contribution in [0.2, 0.25) is 5.02 Å². The van der Waals surface area contributed by atoms with Gasteiger partial charge in [-0.2, -0.15) is 5.10 Å². The number of rotatable bonds is 5. The molecule has 5 rings (SSSR count). The molecule has 0 spiro atoms. The Bertz CT molecular complexity index is 1230. The van der Waals surface area contributed by atoms with Gasteiger partial charge in [0.05, 0.1) is 17.6 Å². The van der Waals surface area contributed by atoms with E-state index in [1.807, 2.05) is 41.2 Å². The molecule has 6 heteroatoms. The van der Waals surface area contributed by atoms with E-state index in [1.54, 1.807) is 12.1 Å². The van der Waals surface area contributed by atoms with Crippen LogP contribution in [0.1, 0.15) is 5.56 Å². The molecule has 3 aromatic carbocycles. The zero-order chi connectivity index (χ0) is 22.8. The van der Waals surface area contributed by atoms with Crippen LogP contribution in [0.5, 0.6) is 0 Å². The second-order valence-electron chi connectivity index (χ2n) is 8.57. The minimum absolute atomic E-state index is 0.231. The molecular weight excluding hydrogens is 435 g/mol. The Kier molecular flexibility index (Phi) is 6.27. The molecule has 4 nitrogen and oxygen atoms in total. The molecule has 0 N–H and O–H groups in total. The fourth-order valence-corrected chi connectivity index (χ4v) is 4.51. The second-order valence-corrected chi connectivity index (χ2v) is 9.01. The molecule has 0 amide bonds. The van der Waals surface area contributed by atoms with Crippen molar-refractivity contribution in [1.82, 2.24) is 19.6 Å². The third kappa shape index (κ3) is 4.86. The van der Waals surface area contributed by atoms with Gasteiger partial charge >= 0.3 is 0 Å². The average molecular weight is 461 g/mol. The van der Waals surface area contributed by atoms with Crippen molar-refractivity contribution in [3.05, 3.63) is 95.4 Å².